The van der Waals surface area contributed by atoms with Crippen molar-refractivity contribution in [3.63, 3.8) is 0 Å². The summed E-state index contributed by atoms with van der Waals surface area (Å²) in [4.78, 5) is 45.9. The number of anilines is 2. The highest BCUT2D eigenvalue weighted by molar-refractivity contribution is 8.76. The SMILES string of the molecule is NC(=O)c1cc(NC(=O)C(F)(F)F)ccc1SSc1ccc(NC(=O)C(F)(F)F)cc1C(N)=O. The molecule has 0 atom stereocenters. The van der Waals surface area contributed by atoms with Crippen molar-refractivity contribution in [3.8, 4) is 0 Å². The van der Waals surface area contributed by atoms with Crippen LogP contribution in [0, 0.1) is 0 Å². The van der Waals surface area contributed by atoms with Gasteiger partial charge in [-0.1, -0.05) is 21.6 Å². The van der Waals surface area contributed by atoms with Crippen molar-refractivity contribution in [2.75, 3.05) is 10.6 Å². The second-order valence-electron chi connectivity index (χ2n) is 6.22. The molecule has 0 spiro atoms. The minimum Gasteiger partial charge on any atom is -0.366 e. The molecule has 2 rings (SSSR count). The van der Waals surface area contributed by atoms with E-state index in [4.69, 9.17) is 11.5 Å². The van der Waals surface area contributed by atoms with Crippen molar-refractivity contribution in [2.24, 2.45) is 11.5 Å². The fourth-order valence-corrected chi connectivity index (χ4v) is 4.58. The molecular weight excluding hydrogens is 514 g/mol. The lowest BCUT2D eigenvalue weighted by Gasteiger charge is -2.13. The molecule has 0 unspecified atom stereocenters. The van der Waals surface area contributed by atoms with Gasteiger partial charge in [-0.3, -0.25) is 19.2 Å². The van der Waals surface area contributed by atoms with Gasteiger partial charge in [0.1, 0.15) is 0 Å². The number of halogens is 6. The largest absolute Gasteiger partial charge is 0.471 e. The highest BCUT2D eigenvalue weighted by Crippen LogP contribution is 2.41. The van der Waals surface area contributed by atoms with E-state index in [0.717, 1.165) is 45.9 Å². The number of alkyl halides is 6. The number of carbonyl (C=O) groups is 4. The molecule has 6 N–H and O–H groups in total. The molecule has 2 aromatic carbocycles. The third-order valence-electron chi connectivity index (χ3n) is 3.74. The van der Waals surface area contributed by atoms with Crippen LogP contribution in [0.4, 0.5) is 37.7 Å². The molecule has 8 nitrogen and oxygen atoms in total. The molecule has 0 aliphatic rings. The van der Waals surface area contributed by atoms with E-state index in [9.17, 15) is 45.5 Å². The van der Waals surface area contributed by atoms with Gasteiger partial charge in [0.05, 0.1) is 11.1 Å². The highest BCUT2D eigenvalue weighted by Gasteiger charge is 2.39. The number of primary amides is 2. The Morgan fingerprint density at radius 1 is 0.647 bits per heavy atom. The summed E-state index contributed by atoms with van der Waals surface area (Å²) < 4.78 is 74.5. The number of amides is 4. The summed E-state index contributed by atoms with van der Waals surface area (Å²) in [7, 11) is 1.65. The summed E-state index contributed by atoms with van der Waals surface area (Å²) in [5.74, 6) is -6.60. The van der Waals surface area contributed by atoms with Gasteiger partial charge in [0.25, 0.3) is 0 Å². The predicted molar refractivity (Wildman–Crippen MR) is 111 cm³/mol. The van der Waals surface area contributed by atoms with E-state index in [2.05, 4.69) is 0 Å². The van der Waals surface area contributed by atoms with Gasteiger partial charge in [-0.05, 0) is 36.4 Å². The van der Waals surface area contributed by atoms with E-state index in [-0.39, 0.29) is 32.3 Å². The average Bonchev–Trinajstić information content (AvgIpc) is 2.71. The van der Waals surface area contributed by atoms with Crippen LogP contribution in [-0.2, 0) is 9.59 Å². The number of hydrogen-bond acceptors (Lipinski definition) is 6. The summed E-state index contributed by atoms with van der Waals surface area (Å²) in [5.41, 5.74) is 9.27. The van der Waals surface area contributed by atoms with Crippen LogP contribution in [0.3, 0.4) is 0 Å². The molecule has 0 heterocycles. The molecule has 0 bridgehead atoms. The number of rotatable bonds is 7. The Hall–Kier alpha value is -3.40. The fourth-order valence-electron chi connectivity index (χ4n) is 2.24. The first-order chi connectivity index (χ1) is 15.6. The van der Waals surface area contributed by atoms with Crippen molar-refractivity contribution in [2.45, 2.75) is 22.1 Å². The number of benzene rings is 2. The first-order valence-corrected chi connectivity index (χ1v) is 10.7. The van der Waals surface area contributed by atoms with E-state index in [1.54, 1.807) is 10.6 Å². The Morgan fingerprint density at radius 2 is 0.971 bits per heavy atom. The summed E-state index contributed by atoms with van der Waals surface area (Å²) in [6, 6.07) is 6.35. The van der Waals surface area contributed by atoms with E-state index in [1.165, 1.54) is 12.1 Å². The zero-order valence-electron chi connectivity index (χ0n) is 16.3. The second-order valence-corrected chi connectivity index (χ2v) is 8.43. The lowest BCUT2D eigenvalue weighted by Crippen LogP contribution is -2.30. The maximum atomic E-state index is 12.4. The van der Waals surface area contributed by atoms with E-state index in [1.807, 2.05) is 0 Å². The monoisotopic (exact) mass is 526 g/mol. The first-order valence-electron chi connectivity index (χ1n) is 8.58. The topological polar surface area (TPSA) is 144 Å². The molecule has 2 aromatic rings. The maximum absolute atomic E-state index is 12.4. The zero-order chi connectivity index (χ0) is 25.8. The summed E-state index contributed by atoms with van der Waals surface area (Å²) in [6.07, 6.45) is -10.3. The molecule has 0 fully saturated rings. The molecule has 4 amide bonds. The van der Waals surface area contributed by atoms with Crippen LogP contribution in [0.2, 0.25) is 0 Å². The Balaban J connectivity index is 2.26. The Morgan fingerprint density at radius 3 is 1.24 bits per heavy atom. The van der Waals surface area contributed by atoms with Crippen LogP contribution in [0.1, 0.15) is 20.7 Å². The van der Waals surface area contributed by atoms with Gasteiger partial charge >= 0.3 is 24.2 Å². The molecule has 182 valence electrons. The molecule has 0 aromatic heterocycles. The smallest absolute Gasteiger partial charge is 0.366 e. The van der Waals surface area contributed by atoms with Gasteiger partial charge in [0.2, 0.25) is 11.8 Å². The van der Waals surface area contributed by atoms with Gasteiger partial charge in [-0.15, -0.1) is 0 Å². The third kappa shape index (κ3) is 7.05. The molecule has 16 heteroatoms. The van der Waals surface area contributed by atoms with Crippen LogP contribution in [0.5, 0.6) is 0 Å². The molecule has 0 aliphatic heterocycles. The van der Waals surface area contributed by atoms with Gasteiger partial charge in [0, 0.05) is 21.2 Å². The highest BCUT2D eigenvalue weighted by atomic mass is 33.1. The molecule has 0 radical (unpaired) electrons. The van der Waals surface area contributed by atoms with Crippen LogP contribution in [0.15, 0.2) is 46.2 Å². The minimum atomic E-state index is -5.16. The number of nitrogens with two attached hydrogens (primary N) is 2. The molecule has 0 saturated carbocycles. The maximum Gasteiger partial charge on any atom is 0.471 e. The normalized spacial score (nSPS) is 11.6. The number of nitrogens with one attached hydrogen (secondary N) is 2. The Labute approximate surface area is 194 Å². The van der Waals surface area contributed by atoms with Crippen LogP contribution < -0.4 is 22.1 Å². The van der Waals surface area contributed by atoms with Crippen molar-refractivity contribution < 1.29 is 45.5 Å². The predicted octanol–water partition coefficient (Wildman–Crippen LogP) is 3.69. The fraction of sp³-hybridized carbons (Fsp3) is 0.111. The number of hydrogen-bond donors (Lipinski definition) is 4. The van der Waals surface area contributed by atoms with Crippen molar-refractivity contribution in [1.82, 2.24) is 0 Å². The molecule has 0 saturated heterocycles. The van der Waals surface area contributed by atoms with E-state index >= 15 is 0 Å². The lowest BCUT2D eigenvalue weighted by atomic mass is 10.2. The molecule has 0 aliphatic carbocycles. The van der Waals surface area contributed by atoms with Crippen molar-refractivity contribution in [3.05, 3.63) is 47.5 Å². The summed E-state index contributed by atoms with van der Waals surface area (Å²) >= 11 is 0. The Bertz CT molecular complexity index is 1060. The lowest BCUT2D eigenvalue weighted by molar-refractivity contribution is -0.167. The zero-order valence-corrected chi connectivity index (χ0v) is 18.0. The van der Waals surface area contributed by atoms with Crippen LogP contribution in [-0.4, -0.2) is 36.0 Å². The average molecular weight is 526 g/mol. The number of carbonyl (C=O) groups excluding carboxylic acids is 4. The van der Waals surface area contributed by atoms with Gasteiger partial charge in [-0.25, -0.2) is 0 Å². The molecular formula is C18H12F6N4O4S2. The second kappa shape index (κ2) is 10.3. The quantitative estimate of drug-likeness (QED) is 0.320. The van der Waals surface area contributed by atoms with Crippen molar-refractivity contribution in [1.29, 1.82) is 0 Å². The van der Waals surface area contributed by atoms with E-state index < -0.39 is 36.0 Å². The van der Waals surface area contributed by atoms with Crippen LogP contribution in [0.25, 0.3) is 0 Å². The van der Waals surface area contributed by atoms with Crippen molar-refractivity contribution >= 4 is 56.6 Å². The molecule has 34 heavy (non-hydrogen) atoms. The summed E-state index contributed by atoms with van der Waals surface area (Å²) in [6.45, 7) is 0. The third-order valence-corrected chi connectivity index (χ3v) is 6.22. The summed E-state index contributed by atoms with van der Waals surface area (Å²) in [5, 5.41) is 3.14. The van der Waals surface area contributed by atoms with Gasteiger partial charge < -0.3 is 22.1 Å². The van der Waals surface area contributed by atoms with Crippen LogP contribution >= 0.6 is 21.6 Å². The first kappa shape index (κ1) is 26.8. The van der Waals surface area contributed by atoms with Gasteiger partial charge in [0.15, 0.2) is 0 Å². The standard InChI is InChI=1S/C18H12F6N4O4S2/c19-17(20,21)15(31)27-7-1-3-11(9(5-7)13(25)29)33-34-12-4-2-8(6-10(12)14(26)30)28-16(32)18(22,23)24/h1-6H,(H2,25,29)(H2,26,30)(H,27,31)(H,28,32). The van der Waals surface area contributed by atoms with E-state index in [0.29, 0.717) is 0 Å². The Kier molecular flexibility index (Phi) is 8.09. The minimum absolute atomic E-state index is 0.132. The van der Waals surface area contributed by atoms with Gasteiger partial charge in [-0.2, -0.15) is 26.3 Å².